The average Bonchev–Trinajstić information content (AvgIpc) is 2.79. The Labute approximate surface area is 149 Å². The highest BCUT2D eigenvalue weighted by Crippen LogP contribution is 2.19. The molecule has 6 nitrogen and oxygen atoms in total. The minimum atomic E-state index is -0.499. The highest BCUT2D eigenvalue weighted by Gasteiger charge is 2.23. The van der Waals surface area contributed by atoms with Crippen molar-refractivity contribution in [3.05, 3.63) is 29.8 Å². The fourth-order valence-electron chi connectivity index (χ4n) is 2.67. The van der Waals surface area contributed by atoms with Crippen LogP contribution in [0.5, 0.6) is 0 Å². The molecule has 1 aliphatic heterocycles. The molecule has 1 aromatic carbocycles. The van der Waals surface area contributed by atoms with Gasteiger partial charge in [-0.25, -0.2) is 0 Å². The molecule has 6 heteroatoms. The van der Waals surface area contributed by atoms with Gasteiger partial charge in [0.1, 0.15) is 0 Å². The van der Waals surface area contributed by atoms with Gasteiger partial charge in [-0.15, -0.1) is 0 Å². The summed E-state index contributed by atoms with van der Waals surface area (Å²) in [6, 6.07) is 7.01. The topological polar surface area (TPSA) is 69.7 Å². The molecule has 0 bridgehead atoms. The molecular weight excluding hydrogens is 318 g/mol. The van der Waals surface area contributed by atoms with Gasteiger partial charge in [-0.2, -0.15) is 0 Å². The maximum atomic E-state index is 12.8. The van der Waals surface area contributed by atoms with E-state index < -0.39 is 5.41 Å². The molecule has 0 saturated carbocycles. The summed E-state index contributed by atoms with van der Waals surface area (Å²) < 4.78 is 0. The summed E-state index contributed by atoms with van der Waals surface area (Å²) in [5.74, 6) is -0.123. The van der Waals surface area contributed by atoms with Crippen molar-refractivity contribution < 1.29 is 14.4 Å². The van der Waals surface area contributed by atoms with Crippen LogP contribution in [0.25, 0.3) is 0 Å². The highest BCUT2D eigenvalue weighted by atomic mass is 16.2. The van der Waals surface area contributed by atoms with Gasteiger partial charge in [0.15, 0.2) is 0 Å². The lowest BCUT2D eigenvalue weighted by Crippen LogP contribution is -2.36. The number of benzene rings is 1. The van der Waals surface area contributed by atoms with E-state index >= 15 is 0 Å². The van der Waals surface area contributed by atoms with Crippen molar-refractivity contribution in [1.82, 2.24) is 9.80 Å². The zero-order valence-corrected chi connectivity index (χ0v) is 15.5. The van der Waals surface area contributed by atoms with Crippen LogP contribution in [0.1, 0.15) is 44.5 Å². The van der Waals surface area contributed by atoms with Crippen LogP contribution < -0.4 is 5.32 Å². The summed E-state index contributed by atoms with van der Waals surface area (Å²) in [4.78, 5) is 39.9. The van der Waals surface area contributed by atoms with Gasteiger partial charge >= 0.3 is 0 Å². The molecule has 1 saturated heterocycles. The molecule has 136 valence electrons. The lowest BCUT2D eigenvalue weighted by Gasteiger charge is -2.22. The van der Waals surface area contributed by atoms with E-state index in [1.807, 2.05) is 20.8 Å². The van der Waals surface area contributed by atoms with Gasteiger partial charge in [0, 0.05) is 49.8 Å². The van der Waals surface area contributed by atoms with Crippen LogP contribution in [-0.4, -0.2) is 53.7 Å². The normalized spacial score (nSPS) is 15.5. The number of carbonyl (C=O) groups excluding carboxylic acids is 3. The molecule has 0 spiro atoms. The molecule has 1 heterocycles. The van der Waals surface area contributed by atoms with Gasteiger partial charge in [0.25, 0.3) is 5.91 Å². The van der Waals surface area contributed by atoms with Crippen LogP contribution in [0.15, 0.2) is 24.3 Å². The molecular formula is C19H27N3O3. The maximum absolute atomic E-state index is 12.8. The molecule has 1 N–H and O–H groups in total. The Morgan fingerprint density at radius 2 is 1.64 bits per heavy atom. The van der Waals surface area contributed by atoms with Gasteiger partial charge in [0.05, 0.1) is 0 Å². The first kappa shape index (κ1) is 19.0. The summed E-state index contributed by atoms with van der Waals surface area (Å²) in [6.45, 7) is 9.47. The van der Waals surface area contributed by atoms with Crippen molar-refractivity contribution in [3.8, 4) is 0 Å². The van der Waals surface area contributed by atoms with E-state index in [9.17, 15) is 14.4 Å². The monoisotopic (exact) mass is 345 g/mol. The molecule has 1 aliphatic rings. The molecule has 2 rings (SSSR count). The minimum absolute atomic E-state index is 0.0428. The Balaban J connectivity index is 2.08. The second kappa shape index (κ2) is 7.68. The molecule has 0 unspecified atom stereocenters. The first-order chi connectivity index (χ1) is 11.7. The number of amides is 3. The van der Waals surface area contributed by atoms with Crippen molar-refractivity contribution in [2.45, 2.75) is 34.1 Å². The van der Waals surface area contributed by atoms with Crippen molar-refractivity contribution in [3.63, 3.8) is 0 Å². The Morgan fingerprint density at radius 3 is 2.28 bits per heavy atom. The fraction of sp³-hybridized carbons (Fsp3) is 0.526. The van der Waals surface area contributed by atoms with Crippen molar-refractivity contribution in [1.29, 1.82) is 0 Å². The predicted octanol–water partition coefficient (Wildman–Crippen LogP) is 2.37. The van der Waals surface area contributed by atoms with Gasteiger partial charge in [-0.05, 0) is 24.6 Å². The summed E-state index contributed by atoms with van der Waals surface area (Å²) in [7, 11) is 0. The zero-order chi connectivity index (χ0) is 18.6. The molecule has 0 aliphatic carbocycles. The van der Waals surface area contributed by atoms with Crippen LogP contribution in [0.2, 0.25) is 0 Å². The molecule has 25 heavy (non-hydrogen) atoms. The van der Waals surface area contributed by atoms with Crippen LogP contribution >= 0.6 is 0 Å². The van der Waals surface area contributed by atoms with Crippen LogP contribution in [0, 0.1) is 5.41 Å². The van der Waals surface area contributed by atoms with Crippen molar-refractivity contribution in [2.75, 3.05) is 31.5 Å². The van der Waals surface area contributed by atoms with Crippen molar-refractivity contribution >= 4 is 23.4 Å². The van der Waals surface area contributed by atoms with Crippen LogP contribution in [-0.2, 0) is 9.59 Å². The SMILES string of the molecule is CC(=O)N1CCCN(C(=O)c2cccc(NC(=O)C(C)(C)C)c2)CC1. The van der Waals surface area contributed by atoms with Crippen LogP contribution in [0.3, 0.4) is 0 Å². The smallest absolute Gasteiger partial charge is 0.253 e. The second-order valence-electron chi connectivity index (χ2n) is 7.44. The standard InChI is InChI=1S/C19H27N3O3/c1-14(23)21-9-6-10-22(12-11-21)17(24)15-7-5-8-16(13-15)20-18(25)19(2,3)4/h5,7-8,13H,6,9-12H2,1-4H3,(H,20,25). The third-order valence-corrected chi connectivity index (χ3v) is 4.28. The minimum Gasteiger partial charge on any atom is -0.341 e. The van der Waals surface area contributed by atoms with E-state index in [1.165, 1.54) is 0 Å². The summed E-state index contributed by atoms with van der Waals surface area (Å²) in [5.41, 5.74) is 0.662. The van der Waals surface area contributed by atoms with Crippen molar-refractivity contribution in [2.24, 2.45) is 5.41 Å². The third-order valence-electron chi connectivity index (χ3n) is 4.28. The third kappa shape index (κ3) is 5.05. The number of rotatable bonds is 2. The van der Waals surface area contributed by atoms with E-state index in [0.717, 1.165) is 6.42 Å². The Hall–Kier alpha value is -2.37. The summed E-state index contributed by atoms with van der Waals surface area (Å²) >= 11 is 0. The Kier molecular flexibility index (Phi) is 5.82. The first-order valence-corrected chi connectivity index (χ1v) is 8.65. The molecule has 1 fully saturated rings. The predicted molar refractivity (Wildman–Crippen MR) is 97.3 cm³/mol. The first-order valence-electron chi connectivity index (χ1n) is 8.65. The lowest BCUT2D eigenvalue weighted by molar-refractivity contribution is -0.128. The van der Waals surface area contributed by atoms with Gasteiger partial charge in [-0.3, -0.25) is 14.4 Å². The zero-order valence-electron chi connectivity index (χ0n) is 15.5. The second-order valence-corrected chi connectivity index (χ2v) is 7.44. The van der Waals surface area contributed by atoms with Crippen LogP contribution in [0.4, 0.5) is 5.69 Å². The molecule has 1 aromatic rings. The maximum Gasteiger partial charge on any atom is 0.253 e. The molecule has 0 radical (unpaired) electrons. The highest BCUT2D eigenvalue weighted by molar-refractivity contribution is 5.98. The number of carbonyl (C=O) groups is 3. The van der Waals surface area contributed by atoms with E-state index in [2.05, 4.69) is 5.32 Å². The molecule has 3 amide bonds. The number of nitrogens with zero attached hydrogens (tertiary/aromatic N) is 2. The number of hydrogen-bond donors (Lipinski definition) is 1. The largest absolute Gasteiger partial charge is 0.341 e. The van der Waals surface area contributed by atoms with Gasteiger partial charge in [0.2, 0.25) is 11.8 Å². The molecule has 0 atom stereocenters. The average molecular weight is 345 g/mol. The van der Waals surface area contributed by atoms with Gasteiger partial charge in [-0.1, -0.05) is 26.8 Å². The lowest BCUT2D eigenvalue weighted by atomic mass is 9.95. The van der Waals surface area contributed by atoms with E-state index in [1.54, 1.807) is 41.0 Å². The number of hydrogen-bond acceptors (Lipinski definition) is 3. The summed E-state index contributed by atoms with van der Waals surface area (Å²) in [6.07, 6.45) is 0.770. The van der Waals surface area contributed by atoms with E-state index in [0.29, 0.717) is 37.4 Å². The Bertz CT molecular complexity index is 664. The van der Waals surface area contributed by atoms with Gasteiger partial charge < -0.3 is 15.1 Å². The fourth-order valence-corrected chi connectivity index (χ4v) is 2.67. The number of anilines is 1. The van der Waals surface area contributed by atoms with E-state index in [4.69, 9.17) is 0 Å². The number of nitrogens with one attached hydrogen (secondary N) is 1. The quantitative estimate of drug-likeness (QED) is 0.894. The van der Waals surface area contributed by atoms with E-state index in [-0.39, 0.29) is 17.7 Å². The Morgan fingerprint density at radius 1 is 1.00 bits per heavy atom. The summed E-state index contributed by atoms with van der Waals surface area (Å²) in [5, 5.41) is 2.85. The molecule has 0 aromatic heterocycles.